The third-order valence-corrected chi connectivity index (χ3v) is 2.44. The second kappa shape index (κ2) is 4.06. The van der Waals surface area contributed by atoms with Gasteiger partial charge in [-0.3, -0.25) is 0 Å². The van der Waals surface area contributed by atoms with Gasteiger partial charge in [0.05, 0.1) is 11.0 Å². The van der Waals surface area contributed by atoms with Crippen molar-refractivity contribution in [1.82, 2.24) is 4.98 Å². The van der Waals surface area contributed by atoms with E-state index in [1.54, 1.807) is 0 Å². The summed E-state index contributed by atoms with van der Waals surface area (Å²) in [6, 6.07) is 1.01. The molecule has 0 amide bonds. The van der Waals surface area contributed by atoms with Gasteiger partial charge in [-0.2, -0.15) is 0 Å². The standard InChI is InChI=1S/C6H5F2N3O4S/c7-6(8)4-1-3(16(9,14)15)2-5(10-4)11(12)13/h1-2,6H,(H2,9,14,15). The molecule has 0 atom stereocenters. The summed E-state index contributed by atoms with van der Waals surface area (Å²) in [5, 5.41) is 15.0. The summed E-state index contributed by atoms with van der Waals surface area (Å²) < 4.78 is 46.2. The number of primary sulfonamides is 1. The molecule has 1 aromatic rings. The number of hydrogen-bond acceptors (Lipinski definition) is 5. The van der Waals surface area contributed by atoms with Gasteiger partial charge in [0, 0.05) is 6.07 Å². The van der Waals surface area contributed by atoms with Crippen molar-refractivity contribution in [3.05, 3.63) is 27.9 Å². The van der Waals surface area contributed by atoms with E-state index in [9.17, 15) is 27.3 Å². The largest absolute Gasteiger partial charge is 0.365 e. The fourth-order valence-corrected chi connectivity index (χ4v) is 1.44. The molecule has 0 aromatic carbocycles. The summed E-state index contributed by atoms with van der Waals surface area (Å²) in [4.78, 5) is 11.4. The fraction of sp³-hybridized carbons (Fsp3) is 0.167. The van der Waals surface area contributed by atoms with Gasteiger partial charge < -0.3 is 10.1 Å². The van der Waals surface area contributed by atoms with Gasteiger partial charge in [-0.15, -0.1) is 0 Å². The van der Waals surface area contributed by atoms with Crippen LogP contribution in [0.4, 0.5) is 14.6 Å². The molecule has 0 saturated heterocycles. The van der Waals surface area contributed by atoms with E-state index in [0.717, 1.165) is 0 Å². The maximum Gasteiger partial charge on any atom is 0.365 e. The van der Waals surface area contributed by atoms with Crippen LogP contribution in [0.25, 0.3) is 0 Å². The summed E-state index contributed by atoms with van der Waals surface area (Å²) in [5.74, 6) is -0.998. The van der Waals surface area contributed by atoms with Crippen LogP contribution in [0.5, 0.6) is 0 Å². The number of hydrogen-bond donors (Lipinski definition) is 1. The normalized spacial score (nSPS) is 11.8. The molecule has 0 aliphatic rings. The molecule has 0 aliphatic heterocycles. The first kappa shape index (κ1) is 12.4. The SMILES string of the molecule is NS(=O)(=O)c1cc(C(F)F)nc([N+](=O)[O-])c1. The molecule has 0 unspecified atom stereocenters. The zero-order valence-corrected chi connectivity index (χ0v) is 8.32. The van der Waals surface area contributed by atoms with Gasteiger partial charge in [0.25, 0.3) is 0 Å². The Morgan fingerprint density at radius 3 is 2.38 bits per heavy atom. The van der Waals surface area contributed by atoms with Crippen LogP contribution in [0.15, 0.2) is 17.0 Å². The van der Waals surface area contributed by atoms with Crippen LogP contribution < -0.4 is 5.14 Å². The summed E-state index contributed by atoms with van der Waals surface area (Å²) in [6.45, 7) is 0. The highest BCUT2D eigenvalue weighted by Crippen LogP contribution is 2.23. The summed E-state index contributed by atoms with van der Waals surface area (Å²) in [6.07, 6.45) is -3.12. The second-order valence-electron chi connectivity index (χ2n) is 2.69. The Bertz CT molecular complexity index is 531. The van der Waals surface area contributed by atoms with E-state index < -0.39 is 37.8 Å². The van der Waals surface area contributed by atoms with E-state index in [-0.39, 0.29) is 0 Å². The van der Waals surface area contributed by atoms with Crippen molar-refractivity contribution in [3.8, 4) is 0 Å². The molecular weight excluding hydrogens is 248 g/mol. The number of halogens is 2. The smallest absolute Gasteiger partial charge is 0.358 e. The van der Waals surface area contributed by atoms with Crippen LogP contribution in [0, 0.1) is 10.1 Å². The number of aromatic nitrogens is 1. The van der Waals surface area contributed by atoms with Crippen molar-refractivity contribution in [3.63, 3.8) is 0 Å². The number of alkyl halides is 2. The number of nitrogens with zero attached hydrogens (tertiary/aromatic N) is 2. The van der Waals surface area contributed by atoms with E-state index in [0.29, 0.717) is 12.1 Å². The molecule has 0 aliphatic carbocycles. The van der Waals surface area contributed by atoms with E-state index in [2.05, 4.69) is 10.1 Å². The number of nitrogens with two attached hydrogens (primary N) is 1. The van der Waals surface area contributed by atoms with Crippen molar-refractivity contribution in [2.75, 3.05) is 0 Å². The van der Waals surface area contributed by atoms with Gasteiger partial charge in [-0.05, 0) is 9.91 Å². The maximum absolute atomic E-state index is 12.3. The molecule has 1 rings (SSSR count). The first-order chi connectivity index (χ1) is 7.21. The predicted molar refractivity (Wildman–Crippen MR) is 47.2 cm³/mol. The number of pyridine rings is 1. The Hall–Kier alpha value is -1.68. The summed E-state index contributed by atoms with van der Waals surface area (Å²) in [5.41, 5.74) is -1.02. The molecule has 0 saturated carbocycles. The molecule has 0 spiro atoms. The second-order valence-corrected chi connectivity index (χ2v) is 4.25. The number of sulfonamides is 1. The Balaban J connectivity index is 3.48. The first-order valence-corrected chi connectivity index (χ1v) is 5.24. The molecule has 0 radical (unpaired) electrons. The van der Waals surface area contributed by atoms with Crippen molar-refractivity contribution >= 4 is 15.8 Å². The van der Waals surface area contributed by atoms with E-state index >= 15 is 0 Å². The van der Waals surface area contributed by atoms with Crippen LogP contribution in [-0.4, -0.2) is 18.3 Å². The molecule has 7 nitrogen and oxygen atoms in total. The first-order valence-electron chi connectivity index (χ1n) is 3.69. The van der Waals surface area contributed by atoms with E-state index in [4.69, 9.17) is 0 Å². The maximum atomic E-state index is 12.3. The molecule has 0 fully saturated rings. The van der Waals surface area contributed by atoms with Crippen LogP contribution in [0.3, 0.4) is 0 Å². The third kappa shape index (κ3) is 2.67. The molecule has 10 heteroatoms. The number of rotatable bonds is 3. The lowest BCUT2D eigenvalue weighted by atomic mass is 10.3. The molecule has 1 heterocycles. The zero-order valence-electron chi connectivity index (χ0n) is 7.50. The molecule has 2 N–H and O–H groups in total. The van der Waals surface area contributed by atoms with E-state index in [1.807, 2.05) is 0 Å². The molecule has 1 aromatic heterocycles. The summed E-state index contributed by atoms with van der Waals surface area (Å²) >= 11 is 0. The zero-order chi connectivity index (χ0) is 12.5. The lowest BCUT2D eigenvalue weighted by Crippen LogP contribution is -2.13. The minimum atomic E-state index is -4.29. The monoisotopic (exact) mass is 253 g/mol. The van der Waals surface area contributed by atoms with Crippen molar-refractivity contribution in [2.24, 2.45) is 5.14 Å². The molecule has 88 valence electrons. The topological polar surface area (TPSA) is 116 Å². The summed E-state index contributed by atoms with van der Waals surface area (Å²) in [7, 11) is -4.29. The van der Waals surface area contributed by atoms with Crippen LogP contribution in [0.2, 0.25) is 0 Å². The Kier molecular flexibility index (Phi) is 3.14. The molecule has 0 bridgehead atoms. The Morgan fingerprint density at radius 2 is 2.00 bits per heavy atom. The van der Waals surface area contributed by atoms with Crippen molar-refractivity contribution in [1.29, 1.82) is 0 Å². The average Bonchev–Trinajstić information content (AvgIpc) is 2.15. The predicted octanol–water partition coefficient (Wildman–Crippen LogP) is 0.575. The van der Waals surface area contributed by atoms with Gasteiger partial charge in [0.1, 0.15) is 0 Å². The van der Waals surface area contributed by atoms with Crippen LogP contribution in [0.1, 0.15) is 12.1 Å². The lowest BCUT2D eigenvalue weighted by Gasteiger charge is -2.00. The molecular formula is C6H5F2N3O4S. The number of nitro groups is 1. The van der Waals surface area contributed by atoms with Gasteiger partial charge in [0.2, 0.25) is 15.7 Å². The van der Waals surface area contributed by atoms with Gasteiger partial charge in [-0.1, -0.05) is 0 Å². The fourth-order valence-electron chi connectivity index (χ4n) is 0.881. The van der Waals surface area contributed by atoms with Crippen molar-refractivity contribution in [2.45, 2.75) is 11.3 Å². The highest BCUT2D eigenvalue weighted by molar-refractivity contribution is 7.89. The van der Waals surface area contributed by atoms with Gasteiger partial charge in [0.15, 0.2) is 0 Å². The van der Waals surface area contributed by atoms with Crippen LogP contribution >= 0.6 is 0 Å². The average molecular weight is 253 g/mol. The minimum absolute atomic E-state index is 0.493. The lowest BCUT2D eigenvalue weighted by molar-refractivity contribution is -0.390. The van der Waals surface area contributed by atoms with Crippen molar-refractivity contribution < 1.29 is 22.1 Å². The van der Waals surface area contributed by atoms with Crippen LogP contribution in [-0.2, 0) is 10.0 Å². The van der Waals surface area contributed by atoms with Gasteiger partial charge in [-0.25, -0.2) is 22.3 Å². The highest BCUT2D eigenvalue weighted by Gasteiger charge is 2.23. The van der Waals surface area contributed by atoms with E-state index in [1.165, 1.54) is 0 Å². The highest BCUT2D eigenvalue weighted by atomic mass is 32.2. The van der Waals surface area contributed by atoms with Gasteiger partial charge >= 0.3 is 12.2 Å². The third-order valence-electron chi connectivity index (χ3n) is 1.54. The Morgan fingerprint density at radius 1 is 1.44 bits per heavy atom. The molecule has 16 heavy (non-hydrogen) atoms. The Labute approximate surface area is 88.1 Å². The quantitative estimate of drug-likeness (QED) is 0.624. The minimum Gasteiger partial charge on any atom is -0.358 e.